The van der Waals surface area contributed by atoms with Crippen LogP contribution in [0.25, 0.3) is 0 Å². The standard InChI is InChI=1S/C30H51NO4/c1-19(2)15-26(27(32)33-6)31-18-21-7-10-28(4)23-8-11-29(5)24(9-12-30(29)34-13-14-35-30)22(23)16-20(3)25(28)17-21/h19-26,31H,7-18H2,1-6H3. The molecule has 0 aromatic heterocycles. The van der Waals surface area contributed by atoms with E-state index in [1.165, 1.54) is 52.1 Å². The largest absolute Gasteiger partial charge is 0.468 e. The van der Waals surface area contributed by atoms with Crippen LogP contribution in [0.1, 0.15) is 92.4 Å². The van der Waals surface area contributed by atoms with E-state index in [9.17, 15) is 4.79 Å². The van der Waals surface area contributed by atoms with Gasteiger partial charge in [-0.05, 0) is 105 Å². The fraction of sp³-hybridized carbons (Fsp3) is 0.967. The molecule has 200 valence electrons. The van der Waals surface area contributed by atoms with Gasteiger partial charge < -0.3 is 19.5 Å². The van der Waals surface area contributed by atoms with Crippen molar-refractivity contribution in [3.8, 4) is 0 Å². The minimum absolute atomic E-state index is 0.108. The lowest BCUT2D eigenvalue weighted by Crippen LogP contribution is -2.58. The Labute approximate surface area is 213 Å². The number of ether oxygens (including phenoxy) is 3. The number of fused-ring (bicyclic) bond motifs is 6. The summed E-state index contributed by atoms with van der Waals surface area (Å²) in [5.41, 5.74) is 0.640. The molecule has 5 fully saturated rings. The van der Waals surface area contributed by atoms with Crippen LogP contribution in [-0.2, 0) is 19.0 Å². The van der Waals surface area contributed by atoms with Crippen LogP contribution in [0.3, 0.4) is 0 Å². The van der Waals surface area contributed by atoms with Crippen LogP contribution in [0.4, 0.5) is 0 Å². The highest BCUT2D eigenvalue weighted by molar-refractivity contribution is 5.75. The number of hydrogen-bond donors (Lipinski definition) is 1. The minimum Gasteiger partial charge on any atom is -0.468 e. The first-order valence-corrected chi connectivity index (χ1v) is 14.7. The summed E-state index contributed by atoms with van der Waals surface area (Å²) in [4.78, 5) is 12.3. The van der Waals surface area contributed by atoms with Crippen molar-refractivity contribution in [2.45, 2.75) is 104 Å². The molecule has 0 radical (unpaired) electrons. The second kappa shape index (κ2) is 9.58. The molecule has 5 nitrogen and oxygen atoms in total. The van der Waals surface area contributed by atoms with Gasteiger partial charge in [0.25, 0.3) is 0 Å². The number of nitrogens with one attached hydrogen (secondary N) is 1. The lowest BCUT2D eigenvalue weighted by Gasteiger charge is -2.63. The molecular weight excluding hydrogens is 438 g/mol. The molecule has 4 saturated carbocycles. The molecule has 5 heteroatoms. The minimum atomic E-state index is -0.293. The zero-order valence-electron chi connectivity index (χ0n) is 23.2. The van der Waals surface area contributed by atoms with Gasteiger partial charge >= 0.3 is 5.97 Å². The summed E-state index contributed by atoms with van der Waals surface area (Å²) in [7, 11) is 1.51. The van der Waals surface area contributed by atoms with E-state index in [2.05, 4.69) is 39.9 Å². The molecule has 5 aliphatic rings. The molecule has 0 amide bonds. The number of carbonyl (C=O) groups is 1. The van der Waals surface area contributed by atoms with E-state index in [-0.39, 0.29) is 23.2 Å². The van der Waals surface area contributed by atoms with E-state index in [0.29, 0.717) is 17.3 Å². The first-order valence-electron chi connectivity index (χ1n) is 14.7. The van der Waals surface area contributed by atoms with Crippen molar-refractivity contribution in [3.63, 3.8) is 0 Å². The fourth-order valence-electron chi connectivity index (χ4n) is 10.1. The summed E-state index contributed by atoms with van der Waals surface area (Å²) in [5, 5.41) is 3.61. The van der Waals surface area contributed by atoms with E-state index < -0.39 is 0 Å². The average Bonchev–Trinajstić information content (AvgIpc) is 3.42. The molecule has 9 unspecified atom stereocenters. The highest BCUT2D eigenvalue weighted by atomic mass is 16.7. The van der Waals surface area contributed by atoms with Crippen molar-refractivity contribution >= 4 is 5.97 Å². The number of methoxy groups -OCH3 is 1. The topological polar surface area (TPSA) is 56.8 Å². The Morgan fingerprint density at radius 3 is 2.40 bits per heavy atom. The monoisotopic (exact) mass is 489 g/mol. The van der Waals surface area contributed by atoms with Gasteiger partial charge in [0.05, 0.1) is 20.3 Å². The predicted molar refractivity (Wildman–Crippen MR) is 138 cm³/mol. The summed E-state index contributed by atoms with van der Waals surface area (Å²) < 4.78 is 17.8. The third kappa shape index (κ3) is 4.20. The highest BCUT2D eigenvalue weighted by Crippen LogP contribution is 2.70. The second-order valence-electron chi connectivity index (χ2n) is 13.9. The van der Waals surface area contributed by atoms with Crippen molar-refractivity contribution in [3.05, 3.63) is 0 Å². The second-order valence-corrected chi connectivity index (χ2v) is 13.9. The van der Waals surface area contributed by atoms with Crippen molar-refractivity contribution < 1.29 is 19.0 Å². The molecule has 35 heavy (non-hydrogen) atoms. The van der Waals surface area contributed by atoms with Gasteiger partial charge in [-0.25, -0.2) is 0 Å². The summed E-state index contributed by atoms with van der Waals surface area (Å²) in [6.45, 7) is 14.5. The normalized spacial score (nSPS) is 45.1. The van der Waals surface area contributed by atoms with Gasteiger partial charge in [-0.1, -0.05) is 34.6 Å². The Bertz CT molecular complexity index is 778. The van der Waals surface area contributed by atoms with Gasteiger partial charge in [-0.3, -0.25) is 4.79 Å². The maximum atomic E-state index is 12.3. The van der Waals surface area contributed by atoms with Crippen molar-refractivity contribution in [1.29, 1.82) is 0 Å². The molecule has 1 heterocycles. The van der Waals surface area contributed by atoms with E-state index >= 15 is 0 Å². The van der Waals surface area contributed by atoms with E-state index in [1.807, 2.05) is 0 Å². The molecule has 1 saturated heterocycles. The average molecular weight is 490 g/mol. The third-order valence-electron chi connectivity index (χ3n) is 11.8. The van der Waals surface area contributed by atoms with Gasteiger partial charge in [0.2, 0.25) is 0 Å². The number of esters is 1. The molecule has 1 aliphatic heterocycles. The first-order chi connectivity index (χ1) is 16.6. The zero-order chi connectivity index (χ0) is 25.0. The number of rotatable bonds is 6. The van der Waals surface area contributed by atoms with Crippen LogP contribution in [0, 0.1) is 52.3 Å². The smallest absolute Gasteiger partial charge is 0.322 e. The summed E-state index contributed by atoms with van der Waals surface area (Å²) in [6, 6.07) is -0.174. The lowest BCUT2D eigenvalue weighted by atomic mass is 9.42. The molecule has 1 N–H and O–H groups in total. The predicted octanol–water partition coefficient (Wildman–Crippen LogP) is 5.81. The molecule has 1 spiro atoms. The quantitative estimate of drug-likeness (QED) is 0.477. The lowest BCUT2D eigenvalue weighted by molar-refractivity contribution is -0.250. The number of hydrogen-bond acceptors (Lipinski definition) is 5. The van der Waals surface area contributed by atoms with Crippen LogP contribution in [0.15, 0.2) is 0 Å². The van der Waals surface area contributed by atoms with Crippen LogP contribution in [0.5, 0.6) is 0 Å². The Morgan fingerprint density at radius 2 is 1.71 bits per heavy atom. The summed E-state index contributed by atoms with van der Waals surface area (Å²) in [6.07, 6.45) is 11.1. The molecule has 0 aromatic carbocycles. The van der Waals surface area contributed by atoms with Crippen molar-refractivity contribution in [2.24, 2.45) is 52.3 Å². The van der Waals surface area contributed by atoms with Crippen LogP contribution >= 0.6 is 0 Å². The fourth-order valence-corrected chi connectivity index (χ4v) is 10.1. The van der Waals surface area contributed by atoms with Gasteiger partial charge in [0.15, 0.2) is 5.79 Å². The van der Waals surface area contributed by atoms with Crippen molar-refractivity contribution in [2.75, 3.05) is 26.9 Å². The van der Waals surface area contributed by atoms with Crippen LogP contribution in [-0.4, -0.2) is 44.7 Å². The zero-order valence-corrected chi connectivity index (χ0v) is 23.2. The van der Waals surface area contributed by atoms with Gasteiger partial charge in [0, 0.05) is 11.8 Å². The van der Waals surface area contributed by atoms with Crippen LogP contribution < -0.4 is 5.32 Å². The molecule has 0 bridgehead atoms. The summed E-state index contributed by atoms with van der Waals surface area (Å²) >= 11 is 0. The molecule has 0 aromatic rings. The Balaban J connectivity index is 1.27. The van der Waals surface area contributed by atoms with Gasteiger partial charge in [-0.15, -0.1) is 0 Å². The highest BCUT2D eigenvalue weighted by Gasteiger charge is 2.67. The Kier molecular flexibility index (Phi) is 7.11. The van der Waals surface area contributed by atoms with Gasteiger partial charge in [-0.2, -0.15) is 0 Å². The Hall–Kier alpha value is -0.650. The number of carbonyl (C=O) groups excluding carboxylic acids is 1. The summed E-state index contributed by atoms with van der Waals surface area (Å²) in [5.74, 6) is 4.71. The van der Waals surface area contributed by atoms with Gasteiger partial charge in [0.1, 0.15) is 6.04 Å². The molecule has 5 rings (SSSR count). The first kappa shape index (κ1) is 26.0. The molecule has 4 aliphatic carbocycles. The SMILES string of the molecule is COC(=O)C(CC(C)C)NCC1CCC2(C)C(C1)C(C)CC1C2CCC2(C)C1CCC21OCCO1. The third-order valence-corrected chi connectivity index (χ3v) is 11.8. The van der Waals surface area contributed by atoms with E-state index in [0.717, 1.165) is 62.2 Å². The molecular formula is C30H51NO4. The van der Waals surface area contributed by atoms with Crippen LogP contribution in [0.2, 0.25) is 0 Å². The maximum Gasteiger partial charge on any atom is 0.322 e. The van der Waals surface area contributed by atoms with E-state index in [1.54, 1.807) is 0 Å². The maximum absolute atomic E-state index is 12.3. The Morgan fingerprint density at radius 1 is 1.00 bits per heavy atom. The van der Waals surface area contributed by atoms with E-state index in [4.69, 9.17) is 14.2 Å². The molecule has 9 atom stereocenters. The van der Waals surface area contributed by atoms with Crippen molar-refractivity contribution in [1.82, 2.24) is 5.32 Å².